The summed E-state index contributed by atoms with van der Waals surface area (Å²) in [4.78, 5) is 0. The van der Waals surface area contributed by atoms with Gasteiger partial charge in [0, 0.05) is 11.1 Å². The van der Waals surface area contributed by atoms with Gasteiger partial charge in [0.1, 0.15) is 0 Å². The van der Waals surface area contributed by atoms with Crippen molar-refractivity contribution >= 4 is 39.1 Å². The minimum Gasteiger partial charge on any atom is -0.270 e. The van der Waals surface area contributed by atoms with Crippen molar-refractivity contribution in [2.75, 3.05) is 0 Å². The molecule has 0 aliphatic rings. The molecule has 2 heterocycles. The summed E-state index contributed by atoms with van der Waals surface area (Å²) < 4.78 is 2.16. The van der Waals surface area contributed by atoms with E-state index in [0.717, 1.165) is 22.1 Å². The minimum absolute atomic E-state index is 0.865. The van der Waals surface area contributed by atoms with Crippen molar-refractivity contribution in [3.8, 4) is 0 Å². The van der Waals surface area contributed by atoms with Crippen molar-refractivity contribution in [2.24, 2.45) is 0 Å². The lowest BCUT2D eigenvalue weighted by Gasteiger charge is -2.08. The molecule has 0 atom stereocenters. The first-order valence-corrected chi connectivity index (χ1v) is 9.63. The van der Waals surface area contributed by atoms with Crippen molar-refractivity contribution in [3.63, 3.8) is 0 Å². The van der Waals surface area contributed by atoms with E-state index in [0.29, 0.717) is 0 Å². The number of fused-ring (bicyclic) bond motifs is 4. The van der Waals surface area contributed by atoms with Gasteiger partial charge in [-0.15, -0.1) is 10.2 Å². The summed E-state index contributed by atoms with van der Waals surface area (Å²) in [5.41, 5.74) is 4.61. The minimum atomic E-state index is 0.865. The molecule has 0 aliphatic carbocycles. The molecule has 26 heavy (non-hydrogen) atoms. The smallest absolute Gasteiger partial charge is 0.196 e. The van der Waals surface area contributed by atoms with E-state index in [9.17, 15) is 0 Å². The summed E-state index contributed by atoms with van der Waals surface area (Å²) >= 11 is 1.73. The molecule has 3 aromatic carbocycles. The first-order chi connectivity index (χ1) is 12.8. The summed E-state index contributed by atoms with van der Waals surface area (Å²) in [6.07, 6.45) is 0. The van der Waals surface area contributed by atoms with Crippen molar-refractivity contribution in [2.45, 2.75) is 17.8 Å². The van der Waals surface area contributed by atoms with Crippen LogP contribution in [0.3, 0.4) is 0 Å². The third-order valence-electron chi connectivity index (χ3n) is 4.81. The molecule has 0 spiro atoms. The lowest BCUT2D eigenvalue weighted by Crippen LogP contribution is -1.93. The number of aryl methyl sites for hydroxylation is 1. The Morgan fingerprint density at radius 2 is 1.62 bits per heavy atom. The zero-order valence-electron chi connectivity index (χ0n) is 14.4. The normalized spacial score (nSPS) is 11.6. The van der Waals surface area contributed by atoms with Crippen LogP contribution in [-0.4, -0.2) is 14.6 Å². The lowest BCUT2D eigenvalue weighted by molar-refractivity contribution is 0.940. The largest absolute Gasteiger partial charge is 0.270 e. The molecule has 0 fully saturated rings. The van der Waals surface area contributed by atoms with Crippen LogP contribution in [0, 0.1) is 6.92 Å². The quantitative estimate of drug-likeness (QED) is 0.393. The highest BCUT2D eigenvalue weighted by atomic mass is 32.2. The maximum Gasteiger partial charge on any atom is 0.196 e. The second-order valence-corrected chi connectivity index (χ2v) is 7.39. The third-order valence-corrected chi connectivity index (χ3v) is 5.79. The molecule has 0 bridgehead atoms. The highest BCUT2D eigenvalue weighted by molar-refractivity contribution is 7.98. The van der Waals surface area contributed by atoms with Crippen LogP contribution in [0.25, 0.3) is 27.3 Å². The fourth-order valence-corrected chi connectivity index (χ4v) is 4.48. The highest BCUT2D eigenvalue weighted by Crippen LogP contribution is 2.29. The van der Waals surface area contributed by atoms with Crippen molar-refractivity contribution in [1.82, 2.24) is 14.6 Å². The molecule has 0 unspecified atom stereocenters. The van der Waals surface area contributed by atoms with E-state index in [1.54, 1.807) is 11.8 Å². The Kier molecular flexibility index (Phi) is 3.64. The van der Waals surface area contributed by atoms with Crippen molar-refractivity contribution < 1.29 is 0 Å². The molecule has 5 aromatic rings. The van der Waals surface area contributed by atoms with Gasteiger partial charge >= 0.3 is 0 Å². The Labute approximate surface area is 155 Å². The average Bonchev–Trinajstić information content (AvgIpc) is 3.09. The lowest BCUT2D eigenvalue weighted by atomic mass is 10.1. The molecule has 0 saturated heterocycles. The van der Waals surface area contributed by atoms with E-state index in [-0.39, 0.29) is 0 Å². The number of rotatable bonds is 3. The summed E-state index contributed by atoms with van der Waals surface area (Å²) in [5, 5.41) is 13.6. The molecule has 126 valence electrons. The monoisotopic (exact) mass is 355 g/mol. The van der Waals surface area contributed by atoms with Gasteiger partial charge in [-0.05, 0) is 41.0 Å². The maximum absolute atomic E-state index is 4.46. The molecule has 0 aliphatic heterocycles. The number of pyridine rings is 1. The maximum atomic E-state index is 4.46. The average molecular weight is 355 g/mol. The number of nitrogens with zero attached hydrogens (tertiary/aromatic N) is 3. The Bertz CT molecular complexity index is 1250. The van der Waals surface area contributed by atoms with Crippen molar-refractivity contribution in [3.05, 3.63) is 83.9 Å². The zero-order chi connectivity index (χ0) is 17.5. The molecule has 3 nitrogen and oxygen atoms in total. The van der Waals surface area contributed by atoms with Gasteiger partial charge in [-0.2, -0.15) is 0 Å². The topological polar surface area (TPSA) is 30.2 Å². The Hall–Kier alpha value is -2.85. The van der Waals surface area contributed by atoms with E-state index < -0.39 is 0 Å². The van der Waals surface area contributed by atoms with E-state index in [1.165, 1.54) is 27.3 Å². The second kappa shape index (κ2) is 6.15. The van der Waals surface area contributed by atoms with E-state index in [4.69, 9.17) is 0 Å². The summed E-state index contributed by atoms with van der Waals surface area (Å²) in [7, 11) is 0. The summed E-state index contributed by atoms with van der Waals surface area (Å²) in [5.74, 6) is 0.865. The number of benzene rings is 3. The predicted octanol–water partition coefficient (Wildman–Crippen LogP) is 5.64. The van der Waals surface area contributed by atoms with Crippen LogP contribution < -0.4 is 0 Å². The molecule has 0 amide bonds. The van der Waals surface area contributed by atoms with E-state index in [2.05, 4.69) is 94.3 Å². The summed E-state index contributed by atoms with van der Waals surface area (Å²) in [6.45, 7) is 2.12. The fraction of sp³-hybridized carbons (Fsp3) is 0.0909. The molecule has 0 N–H and O–H groups in total. The second-order valence-electron chi connectivity index (χ2n) is 6.45. The van der Waals surface area contributed by atoms with E-state index in [1.807, 2.05) is 0 Å². The van der Waals surface area contributed by atoms with Crippen LogP contribution in [0.2, 0.25) is 0 Å². The first-order valence-electron chi connectivity index (χ1n) is 8.64. The molecular weight excluding hydrogens is 338 g/mol. The van der Waals surface area contributed by atoms with Gasteiger partial charge in [-0.1, -0.05) is 72.4 Å². The van der Waals surface area contributed by atoms with Gasteiger partial charge in [0.05, 0.1) is 5.52 Å². The van der Waals surface area contributed by atoms with Gasteiger partial charge in [0.15, 0.2) is 10.8 Å². The van der Waals surface area contributed by atoms with Gasteiger partial charge < -0.3 is 0 Å². The Morgan fingerprint density at radius 1 is 0.846 bits per heavy atom. The molecule has 0 saturated carbocycles. The third kappa shape index (κ3) is 2.45. The number of hydrogen-bond donors (Lipinski definition) is 0. The van der Waals surface area contributed by atoms with Gasteiger partial charge in [0.25, 0.3) is 0 Å². The predicted molar refractivity (Wildman–Crippen MR) is 109 cm³/mol. The number of aromatic nitrogens is 3. The van der Waals surface area contributed by atoms with Crippen LogP contribution in [0.5, 0.6) is 0 Å². The standard InChI is InChI=1S/C22H17N3S/c1-15-13-21-23-24-22(25(21)20-12-5-4-10-18(15)20)26-14-17-9-6-8-16-7-2-3-11-19(16)17/h2-13H,14H2,1H3. The number of hydrogen-bond acceptors (Lipinski definition) is 3. The van der Waals surface area contributed by atoms with Gasteiger partial charge in [-0.3, -0.25) is 4.40 Å². The first kappa shape index (κ1) is 15.4. The zero-order valence-corrected chi connectivity index (χ0v) is 15.2. The van der Waals surface area contributed by atoms with Crippen LogP contribution in [0.4, 0.5) is 0 Å². The molecular formula is C22H17N3S. The fourth-order valence-electron chi connectivity index (χ4n) is 3.53. The van der Waals surface area contributed by atoms with Gasteiger partial charge in [-0.25, -0.2) is 0 Å². The molecule has 5 rings (SSSR count). The molecule has 2 aromatic heterocycles. The highest BCUT2D eigenvalue weighted by Gasteiger charge is 2.12. The van der Waals surface area contributed by atoms with Crippen LogP contribution in [-0.2, 0) is 5.75 Å². The molecule has 0 radical (unpaired) electrons. The molecule has 4 heteroatoms. The van der Waals surface area contributed by atoms with Crippen LogP contribution in [0.15, 0.2) is 78.0 Å². The number of para-hydroxylation sites is 1. The SMILES string of the molecule is Cc1cc2nnc(SCc3cccc4ccccc34)n2c2ccccc12. The number of thioether (sulfide) groups is 1. The van der Waals surface area contributed by atoms with Crippen LogP contribution in [0.1, 0.15) is 11.1 Å². The van der Waals surface area contributed by atoms with E-state index >= 15 is 0 Å². The summed E-state index contributed by atoms with van der Waals surface area (Å²) in [6, 6.07) is 25.6. The Balaban J connectivity index is 1.59. The Morgan fingerprint density at radius 3 is 2.54 bits per heavy atom. The van der Waals surface area contributed by atoms with Gasteiger partial charge in [0.2, 0.25) is 0 Å². The van der Waals surface area contributed by atoms with Crippen molar-refractivity contribution in [1.29, 1.82) is 0 Å². The van der Waals surface area contributed by atoms with Crippen LogP contribution >= 0.6 is 11.8 Å².